The molecule has 2 fully saturated rings. The molecule has 0 spiro atoms. The van der Waals surface area contributed by atoms with Crippen LogP contribution in [0.25, 0.3) is 5.57 Å². The Balaban J connectivity index is 1.22. The van der Waals surface area contributed by atoms with Crippen molar-refractivity contribution in [3.63, 3.8) is 0 Å². The van der Waals surface area contributed by atoms with Crippen LogP contribution in [0, 0.1) is 12.8 Å². The normalized spacial score (nSPS) is 26.5. The highest BCUT2D eigenvalue weighted by Crippen LogP contribution is 2.38. The van der Waals surface area contributed by atoms with Crippen LogP contribution in [0.5, 0.6) is 5.75 Å². The topological polar surface area (TPSA) is 82.7 Å². The second-order valence-corrected chi connectivity index (χ2v) is 10.5. The molecule has 7 nitrogen and oxygen atoms in total. The lowest BCUT2D eigenvalue weighted by atomic mass is 9.94. The lowest BCUT2D eigenvalue weighted by Gasteiger charge is -2.43. The number of carbonyl (C=O) groups is 2. The van der Waals surface area contributed by atoms with Gasteiger partial charge in [-0.25, -0.2) is 0 Å². The number of piperidine rings is 1. The van der Waals surface area contributed by atoms with Gasteiger partial charge in [-0.2, -0.15) is 0 Å². The van der Waals surface area contributed by atoms with Crippen molar-refractivity contribution < 1.29 is 14.3 Å². The van der Waals surface area contributed by atoms with E-state index in [1.54, 1.807) is 18.9 Å². The van der Waals surface area contributed by atoms with Gasteiger partial charge in [-0.1, -0.05) is 42.0 Å². The van der Waals surface area contributed by atoms with Crippen LogP contribution in [-0.2, 0) is 16.1 Å². The molecular formula is C27H32N4O3S. The summed E-state index contributed by atoms with van der Waals surface area (Å²) < 4.78 is 5.27. The highest BCUT2D eigenvalue weighted by atomic mass is 32.2. The van der Waals surface area contributed by atoms with Crippen LogP contribution in [0.4, 0.5) is 0 Å². The molecule has 3 N–H and O–H groups in total. The van der Waals surface area contributed by atoms with Crippen molar-refractivity contribution in [2.45, 2.75) is 43.9 Å². The molecule has 4 unspecified atom stereocenters. The SMILES string of the molecule is COc1cccc(CNC(=O)C2CCCN(C3NC(=O)C4SC=C(c5ccc(C)cc5)C4N3)C2)c1. The standard InChI is InChI=1S/C27H32N4O3S/c1-17-8-10-19(11-9-17)22-16-35-24-23(22)29-27(30-26(24)33)31-12-4-6-20(15-31)25(32)28-14-18-5-3-7-21(13-18)34-2/h3,5,7-11,13,16,20,23-24,27,29H,4,6,12,14-15H2,1-2H3,(H,28,32)(H,30,33). The van der Waals surface area contributed by atoms with Crippen molar-refractivity contribution in [2.75, 3.05) is 20.2 Å². The maximum atomic E-state index is 13.0. The summed E-state index contributed by atoms with van der Waals surface area (Å²) in [4.78, 5) is 28.1. The Bertz CT molecular complexity index is 1120. The number of hydrogen-bond acceptors (Lipinski definition) is 6. The molecule has 5 rings (SSSR count). The highest BCUT2D eigenvalue weighted by molar-refractivity contribution is 8.04. The molecule has 8 heteroatoms. The number of methoxy groups -OCH3 is 1. The molecule has 0 aromatic heterocycles. The monoisotopic (exact) mass is 492 g/mol. The number of benzene rings is 2. The molecule has 35 heavy (non-hydrogen) atoms. The molecule has 3 heterocycles. The van der Waals surface area contributed by atoms with E-state index in [9.17, 15) is 9.59 Å². The van der Waals surface area contributed by atoms with Crippen molar-refractivity contribution in [3.05, 3.63) is 70.6 Å². The van der Waals surface area contributed by atoms with Crippen molar-refractivity contribution >= 4 is 29.1 Å². The maximum Gasteiger partial charge on any atom is 0.237 e. The summed E-state index contributed by atoms with van der Waals surface area (Å²) in [5.41, 5.74) is 4.52. The van der Waals surface area contributed by atoms with E-state index in [1.807, 2.05) is 24.3 Å². The molecule has 0 saturated carbocycles. The average Bonchev–Trinajstić information content (AvgIpc) is 3.32. The number of aryl methyl sites for hydroxylation is 1. The third kappa shape index (κ3) is 5.24. The van der Waals surface area contributed by atoms with Crippen LogP contribution in [0.1, 0.15) is 29.5 Å². The van der Waals surface area contributed by atoms with E-state index in [1.165, 1.54) is 5.56 Å². The first kappa shape index (κ1) is 23.9. The van der Waals surface area contributed by atoms with Gasteiger partial charge in [-0.15, -0.1) is 11.8 Å². The Hall–Kier alpha value is -2.81. The van der Waals surface area contributed by atoms with Crippen molar-refractivity contribution in [1.29, 1.82) is 0 Å². The molecule has 0 aliphatic carbocycles. The van der Waals surface area contributed by atoms with Crippen LogP contribution < -0.4 is 20.7 Å². The molecule has 0 radical (unpaired) electrons. The first-order valence-corrected chi connectivity index (χ1v) is 13.1. The summed E-state index contributed by atoms with van der Waals surface area (Å²) in [6.07, 6.45) is 1.47. The molecular weight excluding hydrogens is 460 g/mol. The van der Waals surface area contributed by atoms with E-state index in [4.69, 9.17) is 4.74 Å². The van der Waals surface area contributed by atoms with Gasteiger partial charge < -0.3 is 15.4 Å². The minimum atomic E-state index is -0.287. The average molecular weight is 493 g/mol. The van der Waals surface area contributed by atoms with Gasteiger partial charge in [0.1, 0.15) is 17.3 Å². The number of nitrogens with zero attached hydrogens (tertiary/aromatic N) is 1. The molecule has 184 valence electrons. The number of thioether (sulfide) groups is 1. The summed E-state index contributed by atoms with van der Waals surface area (Å²) >= 11 is 1.57. The number of nitrogens with one attached hydrogen (secondary N) is 3. The van der Waals surface area contributed by atoms with Crippen molar-refractivity contribution in [1.82, 2.24) is 20.9 Å². The Kier molecular flexibility index (Phi) is 7.13. The summed E-state index contributed by atoms with van der Waals surface area (Å²) in [6.45, 7) is 3.99. The molecule has 2 aromatic rings. The van der Waals surface area contributed by atoms with E-state index < -0.39 is 0 Å². The van der Waals surface area contributed by atoms with Gasteiger partial charge in [-0.05, 0) is 54.0 Å². The molecule has 4 atom stereocenters. The van der Waals surface area contributed by atoms with Crippen LogP contribution in [-0.4, -0.2) is 54.5 Å². The van der Waals surface area contributed by atoms with Crippen LogP contribution in [0.3, 0.4) is 0 Å². The Morgan fingerprint density at radius 1 is 1.23 bits per heavy atom. The largest absolute Gasteiger partial charge is 0.497 e. The van der Waals surface area contributed by atoms with Gasteiger partial charge in [-0.3, -0.25) is 19.8 Å². The third-order valence-electron chi connectivity index (χ3n) is 7.03. The van der Waals surface area contributed by atoms with E-state index in [2.05, 4.69) is 57.4 Å². The van der Waals surface area contributed by atoms with E-state index in [-0.39, 0.29) is 35.3 Å². The number of amides is 2. The number of hydrogen-bond donors (Lipinski definition) is 3. The summed E-state index contributed by atoms with van der Waals surface area (Å²) in [5, 5.41) is 11.8. The fourth-order valence-electron chi connectivity index (χ4n) is 5.04. The minimum absolute atomic E-state index is 0.0479. The first-order valence-electron chi connectivity index (χ1n) is 12.2. The molecule has 3 aliphatic rings. The molecule has 2 saturated heterocycles. The van der Waals surface area contributed by atoms with Crippen molar-refractivity contribution in [3.8, 4) is 5.75 Å². The zero-order chi connectivity index (χ0) is 24.4. The first-order chi connectivity index (χ1) is 17.0. The number of carbonyl (C=O) groups excluding carboxylic acids is 2. The Labute approximate surface area is 210 Å². The number of ether oxygens (including phenoxy) is 1. The van der Waals surface area contributed by atoms with Crippen molar-refractivity contribution in [2.24, 2.45) is 5.92 Å². The van der Waals surface area contributed by atoms with Gasteiger partial charge in [0, 0.05) is 19.6 Å². The van der Waals surface area contributed by atoms with E-state index in [0.717, 1.165) is 41.8 Å². The van der Waals surface area contributed by atoms with Gasteiger partial charge in [0.05, 0.1) is 19.1 Å². The predicted molar refractivity (Wildman–Crippen MR) is 139 cm³/mol. The lowest BCUT2D eigenvalue weighted by molar-refractivity contribution is -0.129. The molecule has 2 amide bonds. The molecule has 3 aliphatic heterocycles. The second-order valence-electron chi connectivity index (χ2n) is 9.45. The molecule has 2 aromatic carbocycles. The number of fused-ring (bicyclic) bond motifs is 1. The Morgan fingerprint density at radius 3 is 2.86 bits per heavy atom. The summed E-state index contributed by atoms with van der Waals surface area (Å²) in [5.74, 6) is 0.763. The van der Waals surface area contributed by atoms with Crippen LogP contribution >= 0.6 is 11.8 Å². The van der Waals surface area contributed by atoms with Crippen LogP contribution in [0.15, 0.2) is 53.9 Å². The van der Waals surface area contributed by atoms with Gasteiger partial charge in [0.2, 0.25) is 11.8 Å². The van der Waals surface area contributed by atoms with Gasteiger partial charge in [0.15, 0.2) is 0 Å². The summed E-state index contributed by atoms with van der Waals surface area (Å²) in [7, 11) is 1.64. The quantitative estimate of drug-likeness (QED) is 0.575. The van der Waals surface area contributed by atoms with E-state index in [0.29, 0.717) is 13.1 Å². The number of rotatable bonds is 6. The van der Waals surface area contributed by atoms with E-state index >= 15 is 0 Å². The maximum absolute atomic E-state index is 13.0. The zero-order valence-corrected chi connectivity index (χ0v) is 20.9. The van der Waals surface area contributed by atoms with Crippen LogP contribution in [0.2, 0.25) is 0 Å². The fraction of sp³-hybridized carbons (Fsp3) is 0.407. The predicted octanol–water partition coefficient (Wildman–Crippen LogP) is 2.86. The Morgan fingerprint density at radius 2 is 2.06 bits per heavy atom. The zero-order valence-electron chi connectivity index (χ0n) is 20.1. The second kappa shape index (κ2) is 10.4. The van der Waals surface area contributed by atoms with Gasteiger partial charge in [0.25, 0.3) is 0 Å². The molecule has 0 bridgehead atoms. The third-order valence-corrected chi connectivity index (χ3v) is 8.20. The summed E-state index contributed by atoms with van der Waals surface area (Å²) in [6, 6.07) is 16.1. The van der Waals surface area contributed by atoms with Gasteiger partial charge >= 0.3 is 0 Å². The smallest absolute Gasteiger partial charge is 0.237 e. The number of likely N-dealkylation sites (tertiary alicyclic amines) is 1. The fourth-order valence-corrected chi connectivity index (χ4v) is 6.19. The lowest BCUT2D eigenvalue weighted by Crippen LogP contribution is -2.69. The highest BCUT2D eigenvalue weighted by Gasteiger charge is 2.44. The minimum Gasteiger partial charge on any atom is -0.497 e.